The third kappa shape index (κ3) is 3.73. The van der Waals surface area contributed by atoms with Crippen LogP contribution in [0.2, 0.25) is 0 Å². The molecule has 0 bridgehead atoms. The van der Waals surface area contributed by atoms with Crippen molar-refractivity contribution >= 4 is 22.9 Å². The van der Waals surface area contributed by atoms with Crippen LogP contribution in [0.25, 0.3) is 11.0 Å². The lowest BCUT2D eigenvalue weighted by Gasteiger charge is -2.07. The molecule has 1 heterocycles. The number of ether oxygens (including phenoxy) is 1. The molecular formula is C16H12O6. The summed E-state index contributed by atoms with van der Waals surface area (Å²) in [5.74, 6) is 0.704. The summed E-state index contributed by atoms with van der Waals surface area (Å²) in [5.41, 5.74) is 0.752. The van der Waals surface area contributed by atoms with Gasteiger partial charge in [-0.25, -0.2) is 4.79 Å². The minimum absolute atomic E-state index is 0.143. The molecule has 2 aromatic rings. The molecule has 0 unspecified atom stereocenters. The summed E-state index contributed by atoms with van der Waals surface area (Å²) in [7, 11) is 0. The van der Waals surface area contributed by atoms with Crippen LogP contribution in [0.5, 0.6) is 0 Å². The molecule has 0 fully saturated rings. The summed E-state index contributed by atoms with van der Waals surface area (Å²) in [6, 6.07) is 6.13. The summed E-state index contributed by atoms with van der Waals surface area (Å²) in [6.45, 7) is -0.143. The van der Waals surface area contributed by atoms with E-state index in [1.165, 1.54) is 6.07 Å². The second-order valence-electron chi connectivity index (χ2n) is 4.50. The standard InChI is InChI=1S/C16H12O6/c1-2-10-3-4-12-11(8-16(20)22-13(12)7-10)9-21-15(19)6-5-14(17)18/h1,3-4,7-8H,5-6,9H2,(H,17,18). The van der Waals surface area contributed by atoms with Crippen molar-refractivity contribution in [3.05, 3.63) is 45.8 Å². The second-order valence-corrected chi connectivity index (χ2v) is 4.50. The molecule has 0 saturated heterocycles. The topological polar surface area (TPSA) is 93.8 Å². The van der Waals surface area contributed by atoms with E-state index in [2.05, 4.69) is 5.92 Å². The summed E-state index contributed by atoms with van der Waals surface area (Å²) in [6.07, 6.45) is 4.76. The van der Waals surface area contributed by atoms with E-state index < -0.39 is 17.6 Å². The Balaban J connectivity index is 2.21. The highest BCUT2D eigenvalue weighted by Gasteiger charge is 2.10. The van der Waals surface area contributed by atoms with Gasteiger partial charge in [0.25, 0.3) is 0 Å². The number of hydrogen-bond acceptors (Lipinski definition) is 5. The van der Waals surface area contributed by atoms with Gasteiger partial charge in [0.1, 0.15) is 12.2 Å². The largest absolute Gasteiger partial charge is 0.481 e. The molecule has 6 nitrogen and oxygen atoms in total. The highest BCUT2D eigenvalue weighted by atomic mass is 16.5. The Bertz CT molecular complexity index is 825. The van der Waals surface area contributed by atoms with Crippen LogP contribution < -0.4 is 5.63 Å². The SMILES string of the molecule is C#Cc1ccc2c(COC(=O)CCC(=O)O)cc(=O)oc2c1. The van der Waals surface area contributed by atoms with Crippen LogP contribution in [0, 0.1) is 12.3 Å². The number of carboxylic acid groups (broad SMARTS) is 1. The average Bonchev–Trinajstić information content (AvgIpc) is 2.49. The van der Waals surface area contributed by atoms with Crippen molar-refractivity contribution in [3.63, 3.8) is 0 Å². The first-order valence-corrected chi connectivity index (χ1v) is 6.40. The molecule has 1 aromatic carbocycles. The van der Waals surface area contributed by atoms with Crippen molar-refractivity contribution in [2.45, 2.75) is 19.4 Å². The van der Waals surface area contributed by atoms with Gasteiger partial charge in [0.05, 0.1) is 12.8 Å². The molecule has 6 heteroatoms. The molecule has 1 aromatic heterocycles. The van der Waals surface area contributed by atoms with Gasteiger partial charge >= 0.3 is 17.6 Å². The fourth-order valence-corrected chi connectivity index (χ4v) is 1.88. The fourth-order valence-electron chi connectivity index (χ4n) is 1.88. The molecule has 2 rings (SSSR count). The van der Waals surface area contributed by atoms with Gasteiger partial charge in [0.15, 0.2) is 0 Å². The number of esters is 1. The summed E-state index contributed by atoms with van der Waals surface area (Å²) in [5, 5.41) is 9.10. The predicted octanol–water partition coefficient (Wildman–Crippen LogP) is 1.68. The van der Waals surface area contributed by atoms with Crippen molar-refractivity contribution in [1.82, 2.24) is 0 Å². The molecule has 0 aliphatic rings. The summed E-state index contributed by atoms with van der Waals surface area (Å²) < 4.78 is 10.0. The molecule has 0 aliphatic heterocycles. The lowest BCUT2D eigenvalue weighted by atomic mass is 10.1. The lowest BCUT2D eigenvalue weighted by Crippen LogP contribution is -2.09. The molecule has 1 N–H and O–H groups in total. The van der Waals surface area contributed by atoms with E-state index >= 15 is 0 Å². The Hall–Kier alpha value is -3.07. The van der Waals surface area contributed by atoms with Crippen molar-refractivity contribution < 1.29 is 23.8 Å². The maximum Gasteiger partial charge on any atom is 0.336 e. The number of carbonyl (C=O) groups is 2. The number of carbonyl (C=O) groups excluding carboxylic acids is 1. The summed E-state index contributed by atoms with van der Waals surface area (Å²) in [4.78, 5) is 33.3. The van der Waals surface area contributed by atoms with Crippen LogP contribution in [0.15, 0.2) is 33.5 Å². The van der Waals surface area contributed by atoms with Gasteiger partial charge in [-0.3, -0.25) is 9.59 Å². The smallest absolute Gasteiger partial charge is 0.336 e. The number of carboxylic acids is 1. The number of fused-ring (bicyclic) bond motifs is 1. The molecule has 0 atom stereocenters. The third-order valence-corrected chi connectivity index (χ3v) is 2.93. The van der Waals surface area contributed by atoms with E-state index in [0.717, 1.165) is 0 Å². The quantitative estimate of drug-likeness (QED) is 0.513. The zero-order valence-electron chi connectivity index (χ0n) is 11.5. The van der Waals surface area contributed by atoms with Gasteiger partial charge in [0, 0.05) is 22.6 Å². The number of rotatable bonds is 5. The zero-order valence-corrected chi connectivity index (χ0v) is 11.5. The van der Waals surface area contributed by atoms with Crippen LogP contribution in [0.4, 0.5) is 0 Å². The molecule has 22 heavy (non-hydrogen) atoms. The molecule has 112 valence electrons. The number of aliphatic carboxylic acids is 1. The van der Waals surface area contributed by atoms with Crippen LogP contribution in [-0.2, 0) is 20.9 Å². The first-order valence-electron chi connectivity index (χ1n) is 6.40. The van der Waals surface area contributed by atoms with Crippen molar-refractivity contribution in [1.29, 1.82) is 0 Å². The Kier molecular flexibility index (Phi) is 4.59. The van der Waals surface area contributed by atoms with E-state index in [-0.39, 0.29) is 19.4 Å². The fraction of sp³-hybridized carbons (Fsp3) is 0.188. The average molecular weight is 300 g/mol. The van der Waals surface area contributed by atoms with E-state index in [0.29, 0.717) is 22.1 Å². The number of benzene rings is 1. The van der Waals surface area contributed by atoms with E-state index in [1.54, 1.807) is 18.2 Å². The lowest BCUT2D eigenvalue weighted by molar-refractivity contribution is -0.148. The van der Waals surface area contributed by atoms with Crippen LogP contribution in [0.3, 0.4) is 0 Å². The van der Waals surface area contributed by atoms with Gasteiger partial charge < -0.3 is 14.3 Å². The predicted molar refractivity (Wildman–Crippen MR) is 77.1 cm³/mol. The van der Waals surface area contributed by atoms with Gasteiger partial charge in [-0.05, 0) is 18.2 Å². The summed E-state index contributed by atoms with van der Waals surface area (Å²) >= 11 is 0. The van der Waals surface area contributed by atoms with Crippen molar-refractivity contribution in [2.24, 2.45) is 0 Å². The maximum atomic E-state index is 11.5. The van der Waals surface area contributed by atoms with Crippen molar-refractivity contribution in [2.75, 3.05) is 0 Å². The normalized spacial score (nSPS) is 10.1. The first-order chi connectivity index (χ1) is 10.5. The minimum Gasteiger partial charge on any atom is -0.481 e. The van der Waals surface area contributed by atoms with E-state index in [4.69, 9.17) is 20.7 Å². The van der Waals surface area contributed by atoms with Crippen LogP contribution in [-0.4, -0.2) is 17.0 Å². The number of hydrogen-bond donors (Lipinski definition) is 1. The Morgan fingerprint density at radius 3 is 2.73 bits per heavy atom. The minimum atomic E-state index is -1.08. The molecular weight excluding hydrogens is 288 g/mol. The highest BCUT2D eigenvalue weighted by Crippen LogP contribution is 2.19. The first kappa shape index (κ1) is 15.3. The molecule has 0 saturated carbocycles. The van der Waals surface area contributed by atoms with E-state index in [9.17, 15) is 14.4 Å². The molecule has 0 aliphatic carbocycles. The van der Waals surface area contributed by atoms with Gasteiger partial charge in [0.2, 0.25) is 0 Å². The van der Waals surface area contributed by atoms with Crippen molar-refractivity contribution in [3.8, 4) is 12.3 Å². The molecule has 0 spiro atoms. The Labute approximate surface area is 125 Å². The van der Waals surface area contributed by atoms with Crippen LogP contribution in [0.1, 0.15) is 24.0 Å². The van der Waals surface area contributed by atoms with E-state index in [1.807, 2.05) is 0 Å². The Morgan fingerprint density at radius 2 is 2.05 bits per heavy atom. The molecule has 0 amide bonds. The third-order valence-electron chi connectivity index (χ3n) is 2.93. The Morgan fingerprint density at radius 1 is 1.27 bits per heavy atom. The zero-order chi connectivity index (χ0) is 16.1. The maximum absolute atomic E-state index is 11.5. The van der Waals surface area contributed by atoms with Crippen LogP contribution >= 0.6 is 0 Å². The molecule has 0 radical (unpaired) electrons. The van der Waals surface area contributed by atoms with Gasteiger partial charge in [-0.2, -0.15) is 0 Å². The monoisotopic (exact) mass is 300 g/mol. The second kappa shape index (κ2) is 6.59. The van der Waals surface area contributed by atoms with Gasteiger partial charge in [-0.15, -0.1) is 6.42 Å². The van der Waals surface area contributed by atoms with Gasteiger partial charge in [-0.1, -0.05) is 5.92 Å². The number of terminal acetylenes is 1. The highest BCUT2D eigenvalue weighted by molar-refractivity contribution is 5.82.